The average Bonchev–Trinajstić information content (AvgIpc) is 2.21. The van der Waals surface area contributed by atoms with Gasteiger partial charge in [0.2, 0.25) is 5.91 Å². The smallest absolute Gasteiger partial charge is 0.339 e. The number of benzene rings is 1. The molecule has 1 unspecified atom stereocenters. The average molecular weight is 257 g/mol. The number of ketones is 1. The lowest BCUT2D eigenvalue weighted by molar-refractivity contribution is -0.127. The summed E-state index contributed by atoms with van der Waals surface area (Å²) in [6.07, 6.45) is 0. The monoisotopic (exact) mass is 257 g/mol. The molecule has 0 aliphatic rings. The van der Waals surface area contributed by atoms with E-state index in [1.54, 1.807) is 0 Å². The van der Waals surface area contributed by atoms with Gasteiger partial charge in [-0.15, -0.1) is 0 Å². The summed E-state index contributed by atoms with van der Waals surface area (Å²) in [5.74, 6) is -8.30. The van der Waals surface area contributed by atoms with Crippen molar-refractivity contribution < 1.29 is 28.3 Å². The Labute approximate surface area is 100 Å². The molecule has 0 bridgehead atoms. The van der Waals surface area contributed by atoms with Crippen molar-refractivity contribution in [3.8, 4) is 0 Å². The lowest BCUT2D eigenvalue weighted by atomic mass is 9.90. The van der Waals surface area contributed by atoms with Gasteiger partial charge < -0.3 is 10.8 Å². The fourth-order valence-corrected chi connectivity index (χ4v) is 1.60. The molecule has 0 saturated heterocycles. The van der Waals surface area contributed by atoms with Crippen molar-refractivity contribution in [3.05, 3.63) is 34.9 Å². The van der Waals surface area contributed by atoms with Crippen molar-refractivity contribution in [2.45, 2.75) is 12.8 Å². The highest BCUT2D eigenvalue weighted by Crippen LogP contribution is 2.25. The minimum absolute atomic E-state index is 0.457. The largest absolute Gasteiger partial charge is 0.478 e. The second-order valence-electron chi connectivity index (χ2n) is 3.58. The van der Waals surface area contributed by atoms with E-state index in [9.17, 15) is 23.2 Å². The molecule has 0 aliphatic carbocycles. The summed E-state index contributed by atoms with van der Waals surface area (Å²) in [5.41, 5.74) is 3.44. The maximum Gasteiger partial charge on any atom is 0.339 e. The normalized spacial score (nSPS) is 11.9. The van der Waals surface area contributed by atoms with Gasteiger partial charge in [-0.2, -0.15) is 0 Å². The summed E-state index contributed by atoms with van der Waals surface area (Å²) < 4.78 is 26.3. The summed E-state index contributed by atoms with van der Waals surface area (Å²) in [5, 5.41) is 8.81. The number of aromatic carboxylic acids is 1. The third-order valence-corrected chi connectivity index (χ3v) is 2.34. The molecule has 1 aromatic carbocycles. The molecule has 1 aromatic rings. The van der Waals surface area contributed by atoms with Gasteiger partial charge in [-0.05, 0) is 18.6 Å². The van der Waals surface area contributed by atoms with Crippen LogP contribution in [-0.4, -0.2) is 22.8 Å². The highest BCUT2D eigenvalue weighted by molar-refractivity contribution is 6.07. The molecule has 1 amide bonds. The van der Waals surface area contributed by atoms with Gasteiger partial charge in [-0.25, -0.2) is 13.6 Å². The number of carbonyl (C=O) groups excluding carboxylic acids is 2. The summed E-state index contributed by atoms with van der Waals surface area (Å²) >= 11 is 0. The van der Waals surface area contributed by atoms with E-state index in [-0.39, 0.29) is 0 Å². The van der Waals surface area contributed by atoms with Gasteiger partial charge in [0.1, 0.15) is 17.3 Å². The maximum absolute atomic E-state index is 13.4. The zero-order chi connectivity index (χ0) is 14.0. The molecule has 1 rings (SSSR count). The van der Waals surface area contributed by atoms with Gasteiger partial charge in [0.25, 0.3) is 0 Å². The third kappa shape index (κ3) is 2.34. The summed E-state index contributed by atoms with van der Waals surface area (Å²) in [4.78, 5) is 33.2. The number of amides is 1. The number of hydrogen-bond acceptors (Lipinski definition) is 3. The first-order valence-corrected chi connectivity index (χ1v) is 4.78. The number of carboxylic acids is 1. The van der Waals surface area contributed by atoms with E-state index < -0.39 is 46.3 Å². The number of rotatable bonds is 4. The topological polar surface area (TPSA) is 97.5 Å². The molecule has 0 aromatic heterocycles. The van der Waals surface area contributed by atoms with Crippen LogP contribution in [0.2, 0.25) is 0 Å². The Morgan fingerprint density at radius 3 is 2.22 bits per heavy atom. The fraction of sp³-hybridized carbons (Fsp3) is 0.182. The number of nitrogens with two attached hydrogens (primary N) is 1. The lowest BCUT2D eigenvalue weighted by Crippen LogP contribution is -2.29. The molecular formula is C11H9F2NO4. The molecule has 96 valence electrons. The van der Waals surface area contributed by atoms with Crippen LogP contribution in [0.3, 0.4) is 0 Å². The highest BCUT2D eigenvalue weighted by Gasteiger charge is 2.30. The molecule has 0 fully saturated rings. The Morgan fingerprint density at radius 1 is 1.28 bits per heavy atom. The van der Waals surface area contributed by atoms with Crippen molar-refractivity contribution in [1.29, 1.82) is 0 Å². The molecular weight excluding hydrogens is 248 g/mol. The van der Waals surface area contributed by atoms with Crippen molar-refractivity contribution in [2.75, 3.05) is 0 Å². The van der Waals surface area contributed by atoms with E-state index in [1.165, 1.54) is 0 Å². The van der Waals surface area contributed by atoms with Crippen LogP contribution in [0.5, 0.6) is 0 Å². The Hall–Kier alpha value is -2.31. The van der Waals surface area contributed by atoms with Crippen molar-refractivity contribution >= 4 is 17.7 Å². The van der Waals surface area contributed by atoms with Gasteiger partial charge in [-0.1, -0.05) is 6.07 Å². The minimum atomic E-state index is -1.78. The highest BCUT2D eigenvalue weighted by atomic mass is 19.2. The van der Waals surface area contributed by atoms with Gasteiger partial charge in [0.15, 0.2) is 11.6 Å². The van der Waals surface area contributed by atoms with Crippen LogP contribution in [0.1, 0.15) is 28.8 Å². The Balaban J connectivity index is 3.58. The Kier molecular flexibility index (Phi) is 3.75. The van der Waals surface area contributed by atoms with Crippen LogP contribution in [-0.2, 0) is 9.59 Å². The maximum atomic E-state index is 13.4. The molecule has 0 radical (unpaired) electrons. The number of carboxylic acid groups (broad SMARTS) is 1. The number of carbonyl (C=O) groups is 3. The van der Waals surface area contributed by atoms with Crippen molar-refractivity contribution in [3.63, 3.8) is 0 Å². The molecule has 0 aliphatic heterocycles. The first kappa shape index (κ1) is 13.8. The summed E-state index contributed by atoms with van der Waals surface area (Å²) in [6.45, 7) is 1.00. The second kappa shape index (κ2) is 4.91. The molecule has 7 heteroatoms. The number of Topliss-reactive ketones (excluding diaryl/α,β-unsaturated/α-hetero) is 1. The zero-order valence-corrected chi connectivity index (χ0v) is 9.24. The molecule has 0 saturated carbocycles. The van der Waals surface area contributed by atoms with E-state index in [0.29, 0.717) is 6.07 Å². The minimum Gasteiger partial charge on any atom is -0.478 e. The number of halogens is 2. The Bertz CT molecular complexity index is 528. The van der Waals surface area contributed by atoms with E-state index >= 15 is 0 Å². The van der Waals surface area contributed by atoms with Crippen LogP contribution in [0, 0.1) is 11.6 Å². The Morgan fingerprint density at radius 2 is 1.83 bits per heavy atom. The lowest BCUT2D eigenvalue weighted by Gasteiger charge is -2.13. The fourth-order valence-electron chi connectivity index (χ4n) is 1.60. The third-order valence-electron chi connectivity index (χ3n) is 2.34. The predicted molar refractivity (Wildman–Crippen MR) is 55.9 cm³/mol. The van der Waals surface area contributed by atoms with Crippen molar-refractivity contribution in [2.24, 2.45) is 5.73 Å². The number of hydrogen-bond donors (Lipinski definition) is 2. The SMILES string of the molecule is CC(=O)C(C(N)=O)c1ccc(F)c(F)c1C(=O)O. The van der Waals surface area contributed by atoms with Gasteiger partial charge >= 0.3 is 5.97 Å². The summed E-state index contributed by atoms with van der Waals surface area (Å²) in [7, 11) is 0. The molecule has 5 nitrogen and oxygen atoms in total. The van der Waals surface area contributed by atoms with Crippen LogP contribution in [0.25, 0.3) is 0 Å². The quantitative estimate of drug-likeness (QED) is 0.780. The summed E-state index contributed by atoms with van der Waals surface area (Å²) in [6, 6.07) is 1.49. The van der Waals surface area contributed by atoms with Crippen LogP contribution < -0.4 is 5.73 Å². The second-order valence-corrected chi connectivity index (χ2v) is 3.58. The predicted octanol–water partition coefficient (Wildman–Crippen LogP) is 0.821. The molecule has 3 N–H and O–H groups in total. The molecule has 0 spiro atoms. The zero-order valence-electron chi connectivity index (χ0n) is 9.24. The van der Waals surface area contributed by atoms with Gasteiger partial charge in [-0.3, -0.25) is 9.59 Å². The van der Waals surface area contributed by atoms with Crippen LogP contribution in [0.15, 0.2) is 12.1 Å². The van der Waals surface area contributed by atoms with Crippen LogP contribution in [0.4, 0.5) is 8.78 Å². The van der Waals surface area contributed by atoms with E-state index in [1.807, 2.05) is 0 Å². The molecule has 0 heterocycles. The van der Waals surface area contributed by atoms with Crippen LogP contribution >= 0.6 is 0 Å². The molecule has 18 heavy (non-hydrogen) atoms. The van der Waals surface area contributed by atoms with Gasteiger partial charge in [0.05, 0.1) is 0 Å². The van der Waals surface area contributed by atoms with E-state index in [4.69, 9.17) is 10.8 Å². The van der Waals surface area contributed by atoms with E-state index in [0.717, 1.165) is 13.0 Å². The van der Waals surface area contributed by atoms with Crippen molar-refractivity contribution in [1.82, 2.24) is 0 Å². The van der Waals surface area contributed by atoms with E-state index in [2.05, 4.69) is 0 Å². The molecule has 1 atom stereocenters. The standard InChI is InChI=1S/C11H9F2NO4/c1-4(15)7(10(14)16)5-2-3-6(12)9(13)8(5)11(17)18/h2-3,7H,1H3,(H2,14,16)(H,17,18). The first-order valence-electron chi connectivity index (χ1n) is 4.78. The number of primary amides is 1. The van der Waals surface area contributed by atoms with Gasteiger partial charge in [0, 0.05) is 0 Å². The first-order chi connectivity index (χ1) is 8.27.